The number of imide groups is 5. The summed E-state index contributed by atoms with van der Waals surface area (Å²) in [5.41, 5.74) is 11.2. The minimum Gasteiger partial charge on any atom is -0.396 e. The molecule has 5 aromatic rings. The molecule has 0 spiro atoms. The smallest absolute Gasteiger partial charge is 0.255 e. The summed E-state index contributed by atoms with van der Waals surface area (Å²) in [6.45, 7) is 24.4. The lowest BCUT2D eigenvalue weighted by Gasteiger charge is -2.35. The van der Waals surface area contributed by atoms with E-state index in [0.29, 0.717) is 118 Å². The molecule has 15 rings (SSSR count). The molecule has 5 aromatic carbocycles. The van der Waals surface area contributed by atoms with Crippen LogP contribution in [0.25, 0.3) is 0 Å². The zero-order chi connectivity index (χ0) is 95.6. The van der Waals surface area contributed by atoms with Crippen LogP contribution in [0, 0.1) is 60.2 Å². The van der Waals surface area contributed by atoms with Crippen LogP contribution in [0.5, 0.6) is 0 Å². The number of hydrogen-bond donors (Lipinski definition) is 4. The van der Waals surface area contributed by atoms with Gasteiger partial charge in [0, 0.05) is 175 Å². The van der Waals surface area contributed by atoms with E-state index in [1.165, 1.54) is 14.7 Å². The number of nitrogens with one attached hydrogen (secondary N) is 3. The maximum Gasteiger partial charge on any atom is 0.255 e. The second kappa shape index (κ2) is 48.4. The third kappa shape index (κ3) is 27.7. The number of ether oxygens (including phenoxy) is 2. The summed E-state index contributed by atoms with van der Waals surface area (Å²) in [4.78, 5) is 193. The lowest BCUT2D eigenvalue weighted by molar-refractivity contribution is -0.160. The van der Waals surface area contributed by atoms with Crippen LogP contribution in [0.1, 0.15) is 226 Å². The Labute approximate surface area is 785 Å². The summed E-state index contributed by atoms with van der Waals surface area (Å²) in [6, 6.07) is 26.6. The van der Waals surface area contributed by atoms with Gasteiger partial charge < -0.3 is 39.1 Å². The van der Waals surface area contributed by atoms with E-state index in [2.05, 4.69) is 134 Å². The normalized spacial score (nSPS) is 19.2. The first-order valence-electron chi connectivity index (χ1n) is 44.2. The number of terminal acetylenes is 2. The minimum absolute atomic E-state index is 0.0373. The first kappa shape index (κ1) is 103. The first-order valence-corrected chi connectivity index (χ1v) is 53.5. The summed E-state index contributed by atoms with van der Waals surface area (Å²) in [5, 5.41) is 16.5. The Hall–Kier alpha value is -11.8. The Morgan fingerprint density at radius 2 is 0.718 bits per heavy atom. The molecule has 5 saturated heterocycles. The second-order valence-electron chi connectivity index (χ2n) is 34.8. The number of aliphatic hydroxyl groups is 1. The molecule has 5 atom stereocenters. The van der Waals surface area contributed by atoms with Crippen LogP contribution in [0.3, 0.4) is 0 Å². The molecule has 0 aromatic heterocycles. The molecular formula is C99H114Br2N10O18Si2. The van der Waals surface area contributed by atoms with Crippen LogP contribution in [0.15, 0.2) is 95.5 Å². The number of carbonyl (C=O) groups excluding carboxylic acids is 15. The fraction of sp³-hybridized carbons (Fsp3) is 0.444. The zero-order valence-corrected chi connectivity index (χ0v) is 81.2. The van der Waals surface area contributed by atoms with E-state index in [-0.39, 0.29) is 135 Å². The van der Waals surface area contributed by atoms with E-state index in [1.807, 2.05) is 82.3 Å². The van der Waals surface area contributed by atoms with Crippen molar-refractivity contribution in [2.45, 2.75) is 245 Å². The fourth-order valence-corrected chi connectivity index (χ4v) is 17.7. The quantitative estimate of drug-likeness (QED) is 0.0208. The number of aliphatic hydroxyl groups excluding tert-OH is 1. The Morgan fingerprint density at radius 3 is 1.03 bits per heavy atom. The Balaban J connectivity index is 0.000000182. The van der Waals surface area contributed by atoms with Gasteiger partial charge in [0.15, 0.2) is 0 Å². The summed E-state index contributed by atoms with van der Waals surface area (Å²) >= 11 is 6.61. The van der Waals surface area contributed by atoms with Crippen molar-refractivity contribution in [3.8, 4) is 60.2 Å². The third-order valence-corrected chi connectivity index (χ3v) is 27.0. The lowest BCUT2D eigenvalue weighted by Crippen LogP contribution is -2.55. The molecule has 15 amide bonds. The van der Waals surface area contributed by atoms with Crippen molar-refractivity contribution in [3.63, 3.8) is 0 Å². The summed E-state index contributed by atoms with van der Waals surface area (Å²) in [5.74, 6) is 19.0. The molecule has 10 aliphatic rings. The molecule has 690 valence electrons. The number of piperidine rings is 5. The van der Waals surface area contributed by atoms with E-state index < -0.39 is 52.3 Å². The van der Waals surface area contributed by atoms with Crippen LogP contribution in [-0.4, -0.2) is 213 Å². The summed E-state index contributed by atoms with van der Waals surface area (Å²) in [7, 11) is -2.50. The minimum atomic E-state index is -1.25. The molecule has 0 saturated carbocycles. The van der Waals surface area contributed by atoms with Crippen molar-refractivity contribution in [1.82, 2.24) is 50.2 Å². The van der Waals surface area contributed by atoms with Gasteiger partial charge in [-0.05, 0) is 169 Å². The molecule has 32 heteroatoms. The van der Waals surface area contributed by atoms with Gasteiger partial charge in [0.25, 0.3) is 41.4 Å². The van der Waals surface area contributed by atoms with Gasteiger partial charge in [-0.1, -0.05) is 146 Å². The highest BCUT2D eigenvalue weighted by Crippen LogP contribution is 2.36. The van der Waals surface area contributed by atoms with Gasteiger partial charge in [0.05, 0.1) is 5.33 Å². The van der Waals surface area contributed by atoms with Gasteiger partial charge in [-0.2, -0.15) is 0 Å². The standard InChI is InChI=1S/C23H30N2O4Si.C22H32N2O5Si.C17H16N2O3.C16H13BrN2O3.C13H11BrN2O3.2C4H6/c1-5-6-7-17-8-9-19-18(14-17)15-24(22(19)27)20-10-11-21(26)25(23(20)28)16-29-12-13-30(2,3)4;1-30(2,3)12-11-29-15-24-20(26)9-8-19(22(24)28)23-14-17-13-16(5-4-10-25)6-7-18(17)21(23)27;1-2-3-4-11-5-6-13-12(9-11)10-19(17(13)22)14-7-8-15(20)18-16(14)21;17-7-1-2-10-3-4-12-11(8-10)9-19(16(12)22)13-5-6-14(20)18-15(13)21;14-8-1-2-9-7(5-8)6-16(13(9)19)10-3-4-11(17)15-12(10)18;2*1-3-4-2/h8-9,14,20H,5,10-13,15-16H2,1-4H3;6-7,13,19,25H,4-5,8-12,14-15H2,1-3H3;5-6,9,14H,2,7-8,10H2,1H3,(H,18,20,21);3-4,8,13H,5-7,9H2,(H,18,20,21);1-2,5,10H,3-4,6H2,(H,15,17,18);2*1H,4H2,2H3. The first-order chi connectivity index (χ1) is 62.5. The van der Waals surface area contributed by atoms with Crippen molar-refractivity contribution < 1.29 is 86.5 Å². The predicted octanol–water partition coefficient (Wildman–Crippen LogP) is 11.3. The van der Waals surface area contributed by atoms with Crippen molar-refractivity contribution >= 4 is 137 Å². The van der Waals surface area contributed by atoms with Crippen molar-refractivity contribution in [1.29, 1.82) is 0 Å². The predicted molar refractivity (Wildman–Crippen MR) is 504 cm³/mol. The average Bonchev–Trinajstić information content (AvgIpc) is 1.59. The monoisotopic (exact) mass is 1940 g/mol. The number of benzene rings is 5. The van der Waals surface area contributed by atoms with Gasteiger partial charge in [-0.25, -0.2) is 0 Å². The number of carbonyl (C=O) groups is 15. The molecule has 0 aliphatic carbocycles. The molecule has 131 heavy (non-hydrogen) atoms. The van der Waals surface area contributed by atoms with Crippen LogP contribution >= 0.6 is 31.9 Å². The molecule has 0 radical (unpaired) electrons. The number of hydrogen-bond acceptors (Lipinski definition) is 18. The SMILES string of the molecule is C#CCC.C#CCC.CCC#Cc1ccc2c(c1)CN(C1CCC(=O)N(COCC[Si](C)(C)C)C1=O)C2=O.CCC#Cc1ccc2c(c1)CN(C1CCC(=O)NC1=O)C2=O.C[Si](C)(C)CCOCN1C(=O)CCC(N2Cc3cc(CCCO)ccc3C2=O)C1=O.O=C1CCC(N2Cc3cc(Br)ccc3C2=O)C(=O)N1.O=C1CCC(N2Cc3cc(C#CCBr)ccc3C2=O)C(=O)N1. The summed E-state index contributed by atoms with van der Waals surface area (Å²) in [6.07, 6.45) is 17.3. The van der Waals surface area contributed by atoms with Crippen LogP contribution < -0.4 is 16.0 Å². The van der Waals surface area contributed by atoms with Crippen molar-refractivity contribution in [2.24, 2.45) is 0 Å². The molecule has 28 nitrogen and oxygen atoms in total. The average molecular weight is 1950 g/mol. The zero-order valence-electron chi connectivity index (χ0n) is 76.0. The molecule has 10 heterocycles. The van der Waals surface area contributed by atoms with Crippen LogP contribution in [0.2, 0.25) is 51.4 Å². The van der Waals surface area contributed by atoms with Gasteiger partial charge in [-0.3, -0.25) is 97.7 Å². The molecule has 10 aliphatic heterocycles. The number of fused-ring (bicyclic) bond motifs is 5. The van der Waals surface area contributed by atoms with Crippen LogP contribution in [0.4, 0.5) is 0 Å². The number of nitrogens with zero attached hydrogens (tertiary/aromatic N) is 7. The number of amides is 15. The van der Waals surface area contributed by atoms with Gasteiger partial charge in [-0.15, -0.1) is 24.7 Å². The van der Waals surface area contributed by atoms with E-state index >= 15 is 0 Å². The lowest BCUT2D eigenvalue weighted by atomic mass is 10.0. The highest BCUT2D eigenvalue weighted by atomic mass is 79.9. The summed E-state index contributed by atoms with van der Waals surface area (Å²) < 4.78 is 12.2. The number of alkyl halides is 1. The molecule has 5 unspecified atom stereocenters. The van der Waals surface area contributed by atoms with Crippen LogP contribution in [-0.2, 0) is 96.6 Å². The van der Waals surface area contributed by atoms with Crippen molar-refractivity contribution in [2.75, 3.05) is 38.6 Å². The second-order valence-corrected chi connectivity index (χ2v) is 47.5. The number of rotatable bonds is 18. The van der Waals surface area contributed by atoms with E-state index in [0.717, 1.165) is 98.7 Å². The molecular weight excluding hydrogens is 1830 g/mol. The highest BCUT2D eigenvalue weighted by molar-refractivity contribution is 9.10. The van der Waals surface area contributed by atoms with E-state index in [9.17, 15) is 71.9 Å². The van der Waals surface area contributed by atoms with Gasteiger partial charge >= 0.3 is 0 Å². The Kier molecular flexibility index (Phi) is 38.0. The number of halogens is 2. The molecule has 5 fully saturated rings. The van der Waals surface area contributed by atoms with E-state index in [1.54, 1.807) is 56.0 Å². The topological polar surface area (TPSA) is 354 Å². The molecule has 0 bridgehead atoms. The van der Waals surface area contributed by atoms with E-state index in [4.69, 9.17) is 27.4 Å². The maximum absolute atomic E-state index is 13.0. The molecule has 4 N–H and O–H groups in total. The van der Waals surface area contributed by atoms with Crippen molar-refractivity contribution in [3.05, 3.63) is 173 Å². The maximum atomic E-state index is 13.0. The number of aryl methyl sites for hydroxylation is 1. The fourth-order valence-electron chi connectivity index (χ4n) is 15.7. The van der Waals surface area contributed by atoms with Gasteiger partial charge in [0.1, 0.15) is 43.7 Å². The number of likely N-dealkylation sites (tertiary alicyclic amines) is 2. The largest absolute Gasteiger partial charge is 0.396 e. The Morgan fingerprint density at radius 1 is 0.412 bits per heavy atom. The Bertz CT molecular complexity index is 5400. The third-order valence-electron chi connectivity index (χ3n) is 22.8. The highest BCUT2D eigenvalue weighted by Gasteiger charge is 2.47. The van der Waals surface area contributed by atoms with Gasteiger partial charge in [0.2, 0.25) is 47.3 Å².